The first-order valence-electron chi connectivity index (χ1n) is 13.0. The fourth-order valence-corrected chi connectivity index (χ4v) is 5.63. The van der Waals surface area contributed by atoms with E-state index in [2.05, 4.69) is 25.6 Å². The molecule has 0 spiro atoms. The number of nitrogens with one attached hydrogen (secondary N) is 3. The topological polar surface area (TPSA) is 127 Å². The number of hydrogen-bond donors (Lipinski definition) is 3. The van der Waals surface area contributed by atoms with Crippen LogP contribution in [-0.4, -0.2) is 55.8 Å². The van der Waals surface area contributed by atoms with Crippen LogP contribution in [0.1, 0.15) is 12.0 Å². The number of nitrogens with zero attached hydrogens (tertiary/aromatic N) is 3. The summed E-state index contributed by atoms with van der Waals surface area (Å²) in [7, 11) is -2.96. The van der Waals surface area contributed by atoms with E-state index in [1.807, 2.05) is 0 Å². The van der Waals surface area contributed by atoms with E-state index < -0.39 is 50.8 Å². The molecular weight excluding hydrogens is 592 g/mol. The molecule has 2 atom stereocenters. The summed E-state index contributed by atoms with van der Waals surface area (Å²) in [4.78, 5) is 12.6. The molecule has 0 radical (unpaired) electrons. The molecule has 0 saturated carbocycles. The molecule has 1 unspecified atom stereocenters. The third-order valence-electron chi connectivity index (χ3n) is 6.41. The van der Waals surface area contributed by atoms with Crippen molar-refractivity contribution in [2.24, 2.45) is 0 Å². The lowest BCUT2D eigenvalue weighted by molar-refractivity contribution is 0.254. The van der Waals surface area contributed by atoms with Gasteiger partial charge >= 0.3 is 0 Å². The summed E-state index contributed by atoms with van der Waals surface area (Å²) in [5.74, 6) is -6.04. The average Bonchev–Trinajstić information content (AvgIpc) is 2.98. The number of methoxy groups -OCH3 is 1. The summed E-state index contributed by atoms with van der Waals surface area (Å²) in [5.41, 5.74) is -0.403. The summed E-state index contributed by atoms with van der Waals surface area (Å²) in [6.45, 7) is 0.780. The van der Waals surface area contributed by atoms with Crippen molar-refractivity contribution in [1.29, 1.82) is 0 Å². The lowest BCUT2D eigenvalue weighted by atomic mass is 10.1. The van der Waals surface area contributed by atoms with E-state index in [1.165, 1.54) is 37.7 Å². The van der Waals surface area contributed by atoms with Gasteiger partial charge < -0.3 is 20.1 Å². The third kappa shape index (κ3) is 7.29. The molecule has 0 bridgehead atoms. The Kier molecular flexibility index (Phi) is 8.92. The van der Waals surface area contributed by atoms with Gasteiger partial charge in [0.15, 0.2) is 17.4 Å². The van der Waals surface area contributed by atoms with Gasteiger partial charge in [-0.15, -0.1) is 0 Å². The molecule has 43 heavy (non-hydrogen) atoms. The molecule has 5 rings (SSSR count). The zero-order valence-electron chi connectivity index (χ0n) is 22.7. The summed E-state index contributed by atoms with van der Waals surface area (Å²) in [5, 5.41) is 6.02. The highest BCUT2D eigenvalue weighted by Gasteiger charge is 2.26. The van der Waals surface area contributed by atoms with Crippen molar-refractivity contribution in [3.05, 3.63) is 83.9 Å². The molecular formula is C28H26F4N6O4S. The van der Waals surface area contributed by atoms with E-state index in [4.69, 9.17) is 9.47 Å². The Bertz CT molecular complexity index is 1730. The van der Waals surface area contributed by atoms with Gasteiger partial charge in [0.25, 0.3) is 0 Å². The summed E-state index contributed by atoms with van der Waals surface area (Å²) >= 11 is 0. The zero-order valence-corrected chi connectivity index (χ0v) is 23.5. The van der Waals surface area contributed by atoms with Crippen molar-refractivity contribution in [3.63, 3.8) is 0 Å². The number of benzene rings is 2. The monoisotopic (exact) mass is 618 g/mol. The van der Waals surface area contributed by atoms with Gasteiger partial charge in [-0.1, -0.05) is 12.1 Å². The zero-order chi connectivity index (χ0) is 30.6. The largest absolute Gasteiger partial charge is 0.497 e. The molecule has 1 aliphatic rings. The van der Waals surface area contributed by atoms with E-state index in [0.717, 1.165) is 0 Å². The van der Waals surface area contributed by atoms with E-state index in [9.17, 15) is 17.2 Å². The molecule has 1 fully saturated rings. The highest BCUT2D eigenvalue weighted by Crippen LogP contribution is 2.36. The number of anilines is 2. The second kappa shape index (κ2) is 12.8. The van der Waals surface area contributed by atoms with E-state index in [1.54, 1.807) is 29.0 Å². The standard InChI is InChI=1S/C28H26F4N6O4S/c1-41-19-5-2-4-16(10-19)15-43(39,40)38-26-21(30)12-23(24(31)25(26)32)42-27-20(6-3-8-34-27)22-7-9-35-28(37-22)36-18-11-17(29)13-33-14-18/h2-10,12,17-18,33,38H,11,13-15H2,1H3,(H,35,36,37)/t17-,18?/m0/s1. The molecule has 226 valence electrons. The Hall–Kier alpha value is -4.50. The molecule has 1 aliphatic heterocycles. The molecule has 4 aromatic rings. The Morgan fingerprint density at radius 3 is 2.65 bits per heavy atom. The van der Waals surface area contributed by atoms with Crippen LogP contribution in [0.3, 0.4) is 0 Å². The first-order chi connectivity index (χ1) is 20.6. The van der Waals surface area contributed by atoms with Gasteiger partial charge in [-0.2, -0.15) is 4.39 Å². The minimum Gasteiger partial charge on any atom is -0.497 e. The van der Waals surface area contributed by atoms with Crippen LogP contribution in [0, 0.1) is 17.5 Å². The second-order valence-electron chi connectivity index (χ2n) is 9.63. The fourth-order valence-electron chi connectivity index (χ4n) is 4.45. The Morgan fingerprint density at radius 1 is 1.02 bits per heavy atom. The second-order valence-corrected chi connectivity index (χ2v) is 11.4. The number of ether oxygens (including phenoxy) is 2. The molecule has 0 amide bonds. The highest BCUT2D eigenvalue weighted by atomic mass is 32.2. The molecule has 0 aliphatic carbocycles. The summed E-state index contributed by atoms with van der Waals surface area (Å²) in [6.07, 6.45) is 2.01. The smallest absolute Gasteiger partial charge is 0.237 e. The van der Waals surface area contributed by atoms with E-state index in [-0.39, 0.29) is 47.7 Å². The van der Waals surface area contributed by atoms with Crippen LogP contribution in [0.15, 0.2) is 60.9 Å². The van der Waals surface area contributed by atoms with Crippen LogP contribution in [0.2, 0.25) is 0 Å². The highest BCUT2D eigenvalue weighted by molar-refractivity contribution is 7.91. The molecule has 2 aromatic heterocycles. The van der Waals surface area contributed by atoms with Gasteiger partial charge in [0.05, 0.1) is 24.1 Å². The van der Waals surface area contributed by atoms with Crippen molar-refractivity contribution in [1.82, 2.24) is 20.3 Å². The SMILES string of the molecule is COc1cccc(CS(=O)(=O)Nc2c(F)cc(Oc3ncccc3-c3ccnc(NC4CNC[C@@H](F)C4)n3)c(F)c2F)c1. The number of piperidine rings is 1. The van der Waals surface area contributed by atoms with Crippen LogP contribution in [0.4, 0.5) is 29.2 Å². The minimum absolute atomic E-state index is 0.196. The molecule has 3 heterocycles. The summed E-state index contributed by atoms with van der Waals surface area (Å²) in [6, 6.07) is 10.9. The first-order valence-corrected chi connectivity index (χ1v) is 14.7. The Labute approximate surface area is 244 Å². The minimum atomic E-state index is -4.36. The van der Waals surface area contributed by atoms with Crippen molar-refractivity contribution in [2.75, 3.05) is 30.2 Å². The lowest BCUT2D eigenvalue weighted by Gasteiger charge is -2.26. The number of pyridine rings is 1. The van der Waals surface area contributed by atoms with Gasteiger partial charge in [0, 0.05) is 44.0 Å². The number of sulfonamides is 1. The van der Waals surface area contributed by atoms with Crippen LogP contribution < -0.4 is 24.8 Å². The maximum Gasteiger partial charge on any atom is 0.237 e. The maximum absolute atomic E-state index is 15.1. The summed E-state index contributed by atoms with van der Waals surface area (Å²) < 4.78 is 96.4. The average molecular weight is 619 g/mol. The normalized spacial score (nSPS) is 16.9. The van der Waals surface area contributed by atoms with Crippen LogP contribution in [0.25, 0.3) is 11.3 Å². The first kappa shape index (κ1) is 30.0. The number of halogens is 4. The molecule has 15 heteroatoms. The number of aromatic nitrogens is 3. The van der Waals surface area contributed by atoms with Crippen LogP contribution in [-0.2, 0) is 15.8 Å². The quantitative estimate of drug-likeness (QED) is 0.170. The van der Waals surface area contributed by atoms with Crippen molar-refractivity contribution in [2.45, 2.75) is 24.4 Å². The predicted octanol–water partition coefficient (Wildman–Crippen LogP) is 4.81. The fraction of sp³-hybridized carbons (Fsp3) is 0.250. The number of hydrogen-bond acceptors (Lipinski definition) is 9. The Morgan fingerprint density at radius 2 is 1.86 bits per heavy atom. The van der Waals surface area contributed by atoms with Crippen LogP contribution in [0.5, 0.6) is 17.4 Å². The molecule has 2 aromatic carbocycles. The van der Waals surface area contributed by atoms with Gasteiger partial charge in [0.1, 0.15) is 17.6 Å². The Balaban J connectivity index is 1.37. The van der Waals surface area contributed by atoms with Crippen molar-refractivity contribution in [3.8, 4) is 28.6 Å². The maximum atomic E-state index is 15.1. The van der Waals surface area contributed by atoms with Gasteiger partial charge in [-0.3, -0.25) is 4.72 Å². The third-order valence-corrected chi connectivity index (χ3v) is 7.64. The van der Waals surface area contributed by atoms with Gasteiger partial charge in [-0.05, 0) is 35.9 Å². The lowest BCUT2D eigenvalue weighted by Crippen LogP contribution is -2.44. The predicted molar refractivity (Wildman–Crippen MR) is 151 cm³/mol. The van der Waals surface area contributed by atoms with E-state index >= 15 is 8.78 Å². The number of rotatable bonds is 10. The van der Waals surface area contributed by atoms with Crippen molar-refractivity contribution < 1.29 is 35.5 Å². The van der Waals surface area contributed by atoms with Gasteiger partial charge in [0.2, 0.25) is 27.7 Å². The van der Waals surface area contributed by atoms with Crippen molar-refractivity contribution >= 4 is 21.7 Å². The van der Waals surface area contributed by atoms with Crippen LogP contribution >= 0.6 is 0 Å². The molecule has 1 saturated heterocycles. The van der Waals surface area contributed by atoms with E-state index in [0.29, 0.717) is 18.4 Å². The molecule has 10 nitrogen and oxygen atoms in total. The molecule has 3 N–H and O–H groups in total. The number of alkyl halides is 1. The van der Waals surface area contributed by atoms with Gasteiger partial charge in [-0.25, -0.2) is 36.5 Å².